The van der Waals surface area contributed by atoms with E-state index in [9.17, 15) is 0 Å². The summed E-state index contributed by atoms with van der Waals surface area (Å²) < 4.78 is 0. The van der Waals surface area contributed by atoms with Gasteiger partial charge in [-0.25, -0.2) is 0 Å². The van der Waals surface area contributed by atoms with Gasteiger partial charge < -0.3 is 10.2 Å². The number of anilines is 2. The van der Waals surface area contributed by atoms with Crippen LogP contribution in [0.3, 0.4) is 0 Å². The van der Waals surface area contributed by atoms with Gasteiger partial charge in [-0.05, 0) is 100 Å². The van der Waals surface area contributed by atoms with Crippen molar-refractivity contribution in [3.8, 4) is 22.3 Å². The number of para-hydroxylation sites is 1. The minimum atomic E-state index is 0.0193. The number of allylic oxidation sites excluding steroid dienone is 5. The fraction of sp³-hybridized carbons (Fsp3) is 0.208. The van der Waals surface area contributed by atoms with Crippen LogP contribution < -0.4 is 20.9 Å². The van der Waals surface area contributed by atoms with Crippen LogP contribution in [0.15, 0.2) is 187 Å². The van der Waals surface area contributed by atoms with Crippen molar-refractivity contribution in [1.82, 2.24) is 10.6 Å². The van der Waals surface area contributed by atoms with Gasteiger partial charge in [0, 0.05) is 35.2 Å². The zero-order chi connectivity index (χ0) is 37.7. The average molecular weight is 741 g/mol. The molecule has 6 aromatic carbocycles. The molecule has 0 amide bonds. The molecular formula is C53H48N4. The third kappa shape index (κ3) is 6.25. The van der Waals surface area contributed by atoms with Crippen molar-refractivity contribution in [2.24, 2.45) is 0 Å². The summed E-state index contributed by atoms with van der Waals surface area (Å²) in [5, 5.41) is 12.0. The van der Waals surface area contributed by atoms with Gasteiger partial charge in [-0.1, -0.05) is 158 Å². The van der Waals surface area contributed by atoms with E-state index in [1.165, 1.54) is 79.1 Å². The van der Waals surface area contributed by atoms with E-state index in [0.717, 1.165) is 25.7 Å². The summed E-state index contributed by atoms with van der Waals surface area (Å²) in [4.78, 5) is 2.66. The Morgan fingerprint density at radius 3 is 2.02 bits per heavy atom. The Morgan fingerprint density at radius 1 is 0.596 bits per heavy atom. The number of benzene rings is 6. The van der Waals surface area contributed by atoms with Crippen LogP contribution in [0.5, 0.6) is 0 Å². The molecule has 0 spiro atoms. The minimum Gasteiger partial charge on any atom is -0.360 e. The lowest BCUT2D eigenvalue weighted by Crippen LogP contribution is -2.45. The predicted molar refractivity (Wildman–Crippen MR) is 235 cm³/mol. The lowest BCUT2D eigenvalue weighted by molar-refractivity contribution is 0.248. The number of nitrogens with one attached hydrogen (secondary N) is 3. The average Bonchev–Trinajstić information content (AvgIpc) is 3.64. The monoisotopic (exact) mass is 740 g/mol. The van der Waals surface area contributed by atoms with Gasteiger partial charge in [0.05, 0.1) is 17.5 Å². The summed E-state index contributed by atoms with van der Waals surface area (Å²) in [6.45, 7) is 0. The van der Waals surface area contributed by atoms with Crippen molar-refractivity contribution in [2.75, 3.05) is 10.2 Å². The van der Waals surface area contributed by atoms with Crippen molar-refractivity contribution >= 4 is 11.4 Å². The second-order valence-electron chi connectivity index (χ2n) is 16.4. The van der Waals surface area contributed by atoms with E-state index < -0.39 is 0 Å². The number of fused-ring (bicyclic) bond motifs is 5. The van der Waals surface area contributed by atoms with Crippen LogP contribution in [0.2, 0.25) is 0 Å². The molecule has 4 nitrogen and oxygen atoms in total. The van der Waals surface area contributed by atoms with Gasteiger partial charge in [0.1, 0.15) is 6.17 Å². The number of rotatable bonds is 6. The lowest BCUT2D eigenvalue weighted by atomic mass is 9.83. The summed E-state index contributed by atoms with van der Waals surface area (Å²) in [5.74, 6) is 0.704. The van der Waals surface area contributed by atoms with E-state index in [2.05, 4.69) is 197 Å². The third-order valence-corrected chi connectivity index (χ3v) is 13.1. The molecular weight excluding hydrogens is 693 g/mol. The highest BCUT2D eigenvalue weighted by Crippen LogP contribution is 2.54. The molecule has 57 heavy (non-hydrogen) atoms. The molecule has 0 bridgehead atoms. The van der Waals surface area contributed by atoms with Gasteiger partial charge in [-0.15, -0.1) is 0 Å². The third-order valence-electron chi connectivity index (χ3n) is 13.1. The molecule has 1 fully saturated rings. The van der Waals surface area contributed by atoms with Gasteiger partial charge >= 0.3 is 0 Å². The van der Waals surface area contributed by atoms with Crippen LogP contribution in [0.25, 0.3) is 22.3 Å². The zero-order valence-electron chi connectivity index (χ0n) is 32.2. The fourth-order valence-corrected chi connectivity index (χ4v) is 10.4. The van der Waals surface area contributed by atoms with Crippen LogP contribution in [0.1, 0.15) is 90.0 Å². The fourth-order valence-electron chi connectivity index (χ4n) is 10.4. The topological polar surface area (TPSA) is 39.3 Å². The smallest absolute Gasteiger partial charge is 0.126 e. The Hall–Kier alpha value is -5.94. The highest BCUT2D eigenvalue weighted by molar-refractivity contribution is 5.96. The van der Waals surface area contributed by atoms with Gasteiger partial charge in [0.2, 0.25) is 0 Å². The number of hydrogen-bond donors (Lipinski definition) is 3. The Balaban J connectivity index is 0.898. The molecule has 4 heteroatoms. The van der Waals surface area contributed by atoms with Crippen molar-refractivity contribution in [1.29, 1.82) is 0 Å². The normalized spacial score (nSPS) is 24.6. The van der Waals surface area contributed by atoms with E-state index >= 15 is 0 Å². The Labute approximate surface area is 336 Å². The number of nitrogens with zero attached hydrogens (tertiary/aromatic N) is 1. The van der Waals surface area contributed by atoms with Gasteiger partial charge in [0.25, 0.3) is 0 Å². The summed E-state index contributed by atoms with van der Waals surface area (Å²) >= 11 is 0. The van der Waals surface area contributed by atoms with E-state index in [0.29, 0.717) is 11.8 Å². The zero-order valence-corrected chi connectivity index (χ0v) is 32.2. The summed E-state index contributed by atoms with van der Waals surface area (Å²) in [6.07, 6.45) is 15.2. The number of hydrogen-bond acceptors (Lipinski definition) is 4. The highest BCUT2D eigenvalue weighted by Gasteiger charge is 2.42. The van der Waals surface area contributed by atoms with E-state index in [1.807, 2.05) is 0 Å². The summed E-state index contributed by atoms with van der Waals surface area (Å²) in [5.41, 5.74) is 17.5. The van der Waals surface area contributed by atoms with Crippen molar-refractivity contribution in [3.63, 3.8) is 0 Å². The first kappa shape index (κ1) is 34.3. The molecule has 280 valence electrons. The molecule has 5 unspecified atom stereocenters. The molecule has 5 aliphatic rings. The second kappa shape index (κ2) is 14.5. The lowest BCUT2D eigenvalue weighted by Gasteiger charge is -2.38. The second-order valence-corrected chi connectivity index (χ2v) is 16.4. The molecule has 0 saturated carbocycles. The molecule has 1 saturated heterocycles. The molecule has 3 N–H and O–H groups in total. The van der Waals surface area contributed by atoms with E-state index in [1.54, 1.807) is 0 Å². The Morgan fingerprint density at radius 2 is 1.25 bits per heavy atom. The van der Waals surface area contributed by atoms with Crippen LogP contribution in [-0.4, -0.2) is 6.17 Å². The maximum Gasteiger partial charge on any atom is 0.126 e. The highest BCUT2D eigenvalue weighted by atomic mass is 15.3. The van der Waals surface area contributed by atoms with Crippen molar-refractivity contribution in [2.45, 2.75) is 68.4 Å². The summed E-state index contributed by atoms with van der Waals surface area (Å²) in [6, 6.07) is 56.7. The Bertz CT molecular complexity index is 2490. The standard InChI is InChI=1S/C53H48N4/c1-3-15-35(16-4-1)48-34-49(36-17-5-2-6-18-36)55-52(54-48)41-23-12-21-39(32-41)37-19-11-20-38(31-37)40-22-13-24-42(33-40)53-56-47-29-14-28-46-44-26-8-7-25-43(44)45-27-9-10-30-50(45)57(53)51(46)47/h1-12,14-21,23,25-26,28-33,40,45,48-49,52-56H,13,22,24,27,34H2. The van der Waals surface area contributed by atoms with Crippen LogP contribution >= 0.6 is 0 Å². The first-order valence-corrected chi connectivity index (χ1v) is 20.9. The van der Waals surface area contributed by atoms with Crippen molar-refractivity contribution < 1.29 is 0 Å². The first-order valence-electron chi connectivity index (χ1n) is 20.9. The molecule has 2 aliphatic carbocycles. The van der Waals surface area contributed by atoms with Gasteiger partial charge in [-0.2, -0.15) is 0 Å². The molecule has 5 atom stereocenters. The van der Waals surface area contributed by atoms with Gasteiger partial charge in [0.15, 0.2) is 0 Å². The molecule has 0 radical (unpaired) electrons. The van der Waals surface area contributed by atoms with Crippen LogP contribution in [0, 0.1) is 0 Å². The quantitative estimate of drug-likeness (QED) is 0.149. The van der Waals surface area contributed by atoms with Crippen molar-refractivity contribution in [3.05, 3.63) is 215 Å². The maximum atomic E-state index is 4.03. The summed E-state index contributed by atoms with van der Waals surface area (Å²) in [7, 11) is 0. The first-order chi connectivity index (χ1) is 28.2. The molecule has 3 aliphatic heterocycles. The predicted octanol–water partition coefficient (Wildman–Crippen LogP) is 12.5. The van der Waals surface area contributed by atoms with E-state index in [-0.39, 0.29) is 24.4 Å². The maximum absolute atomic E-state index is 4.03. The SMILES string of the molecule is C1=CCC2C(=C1)N1c3c(cccc3-c3ccccc32)NC1C1=CC(c2cccc(-c3cccc(C4NC(c5ccccc5)CC(c5ccccc5)N4)c3)c2)CCC1. The Kier molecular flexibility index (Phi) is 8.75. The molecule has 3 heterocycles. The largest absolute Gasteiger partial charge is 0.360 e. The van der Waals surface area contributed by atoms with Crippen LogP contribution in [-0.2, 0) is 0 Å². The molecule has 11 rings (SSSR count). The minimum absolute atomic E-state index is 0.0193. The molecule has 0 aromatic heterocycles. The van der Waals surface area contributed by atoms with E-state index in [4.69, 9.17) is 0 Å². The molecule has 6 aromatic rings. The van der Waals surface area contributed by atoms with Gasteiger partial charge in [-0.3, -0.25) is 10.6 Å². The van der Waals surface area contributed by atoms with Crippen LogP contribution in [0.4, 0.5) is 11.4 Å².